The van der Waals surface area contributed by atoms with Crippen LogP contribution < -0.4 is 0 Å². The van der Waals surface area contributed by atoms with Crippen LogP contribution in [0.2, 0.25) is 5.02 Å². The van der Waals surface area contributed by atoms with Gasteiger partial charge in [0.2, 0.25) is 0 Å². The quantitative estimate of drug-likeness (QED) is 0.698. The van der Waals surface area contributed by atoms with E-state index in [0.717, 1.165) is 29.2 Å². The number of hydrogen-bond donors (Lipinski definition) is 0. The maximum atomic E-state index is 12.4. The molecule has 0 unspecified atom stereocenters. The standard InChI is InChI=1S/C14H19ClOS/c1-3-10-4-6-11(7-5-10)13(16)14-12(15)9(2)8-17-14/h8,10-11H,3-7H2,1-2H3. The second kappa shape index (κ2) is 5.53. The highest BCUT2D eigenvalue weighted by Crippen LogP contribution is 2.36. The molecule has 0 N–H and O–H groups in total. The molecule has 1 heterocycles. The van der Waals surface area contributed by atoms with E-state index in [9.17, 15) is 4.79 Å². The van der Waals surface area contributed by atoms with Gasteiger partial charge in [-0.1, -0.05) is 24.9 Å². The van der Waals surface area contributed by atoms with E-state index in [0.29, 0.717) is 5.02 Å². The summed E-state index contributed by atoms with van der Waals surface area (Å²) in [4.78, 5) is 13.1. The van der Waals surface area contributed by atoms with Gasteiger partial charge in [-0.3, -0.25) is 4.79 Å². The Kier molecular flexibility index (Phi) is 4.26. The van der Waals surface area contributed by atoms with Crippen molar-refractivity contribution in [3.8, 4) is 0 Å². The molecule has 0 spiro atoms. The maximum absolute atomic E-state index is 12.4. The van der Waals surface area contributed by atoms with Crippen LogP contribution in [0.15, 0.2) is 5.38 Å². The van der Waals surface area contributed by atoms with E-state index in [1.165, 1.54) is 30.6 Å². The summed E-state index contributed by atoms with van der Waals surface area (Å²) in [6.45, 7) is 4.20. The third-order valence-electron chi connectivity index (χ3n) is 3.92. The van der Waals surface area contributed by atoms with Crippen LogP contribution in [0, 0.1) is 18.8 Å². The van der Waals surface area contributed by atoms with Gasteiger partial charge in [0.05, 0.1) is 9.90 Å². The number of carbonyl (C=O) groups excluding carboxylic acids is 1. The zero-order valence-electron chi connectivity index (χ0n) is 10.5. The van der Waals surface area contributed by atoms with Crippen LogP contribution in [0.4, 0.5) is 0 Å². The minimum Gasteiger partial charge on any atom is -0.293 e. The summed E-state index contributed by atoms with van der Waals surface area (Å²) in [7, 11) is 0. The first-order chi connectivity index (χ1) is 8.13. The Morgan fingerprint density at radius 3 is 2.53 bits per heavy atom. The van der Waals surface area contributed by atoms with Crippen LogP contribution in [-0.2, 0) is 0 Å². The Labute approximate surface area is 112 Å². The Balaban J connectivity index is 2.04. The number of Topliss-reactive ketones (excluding diaryl/α,β-unsaturated/α-hetero) is 1. The minimum atomic E-state index is 0.216. The average molecular weight is 271 g/mol. The SMILES string of the molecule is CCC1CCC(C(=O)c2scc(C)c2Cl)CC1. The van der Waals surface area contributed by atoms with Crippen molar-refractivity contribution in [3.63, 3.8) is 0 Å². The van der Waals surface area contributed by atoms with Crippen LogP contribution in [0.5, 0.6) is 0 Å². The molecule has 1 nitrogen and oxygen atoms in total. The normalized spacial score (nSPS) is 24.9. The van der Waals surface area contributed by atoms with Crippen molar-refractivity contribution in [1.29, 1.82) is 0 Å². The Morgan fingerprint density at radius 1 is 1.41 bits per heavy atom. The predicted molar refractivity (Wildman–Crippen MR) is 74.1 cm³/mol. The van der Waals surface area contributed by atoms with Gasteiger partial charge in [0.15, 0.2) is 5.78 Å². The molecule has 0 amide bonds. The molecule has 2 rings (SSSR count). The summed E-state index contributed by atoms with van der Waals surface area (Å²) < 4.78 is 0. The molecule has 17 heavy (non-hydrogen) atoms. The molecule has 3 heteroatoms. The van der Waals surface area contributed by atoms with Gasteiger partial charge in [0.25, 0.3) is 0 Å². The summed E-state index contributed by atoms with van der Waals surface area (Å²) in [5.41, 5.74) is 1.03. The summed E-state index contributed by atoms with van der Waals surface area (Å²) in [6.07, 6.45) is 5.75. The molecule has 1 aliphatic rings. The van der Waals surface area contributed by atoms with Crippen LogP contribution in [0.3, 0.4) is 0 Å². The molecule has 0 saturated heterocycles. The molecule has 94 valence electrons. The Morgan fingerprint density at radius 2 is 2.06 bits per heavy atom. The van der Waals surface area contributed by atoms with Gasteiger partial charge in [-0.15, -0.1) is 11.3 Å². The highest BCUT2D eigenvalue weighted by molar-refractivity contribution is 7.13. The van der Waals surface area contributed by atoms with Gasteiger partial charge in [-0.05, 0) is 49.5 Å². The van der Waals surface area contributed by atoms with Gasteiger partial charge in [-0.25, -0.2) is 0 Å². The van der Waals surface area contributed by atoms with E-state index in [1.54, 1.807) is 0 Å². The van der Waals surface area contributed by atoms with Gasteiger partial charge in [0.1, 0.15) is 0 Å². The van der Waals surface area contributed by atoms with Crippen molar-refractivity contribution in [1.82, 2.24) is 0 Å². The molecule has 1 aliphatic carbocycles. The van der Waals surface area contributed by atoms with Gasteiger partial charge in [0, 0.05) is 5.92 Å². The molecule has 1 saturated carbocycles. The molecular weight excluding hydrogens is 252 g/mol. The number of rotatable bonds is 3. The first kappa shape index (κ1) is 13.1. The minimum absolute atomic E-state index is 0.216. The second-order valence-corrected chi connectivity index (χ2v) is 6.31. The van der Waals surface area contributed by atoms with E-state index < -0.39 is 0 Å². The fourth-order valence-corrected chi connectivity index (χ4v) is 3.92. The molecule has 0 bridgehead atoms. The zero-order chi connectivity index (χ0) is 12.4. The average Bonchev–Trinajstić information content (AvgIpc) is 2.69. The monoisotopic (exact) mass is 270 g/mol. The lowest BCUT2D eigenvalue weighted by Crippen LogP contribution is -2.21. The van der Waals surface area contributed by atoms with E-state index in [2.05, 4.69) is 6.92 Å². The van der Waals surface area contributed by atoms with E-state index in [-0.39, 0.29) is 11.7 Å². The lowest BCUT2D eigenvalue weighted by molar-refractivity contribution is 0.0875. The van der Waals surface area contributed by atoms with Crippen LogP contribution in [-0.4, -0.2) is 5.78 Å². The lowest BCUT2D eigenvalue weighted by Gasteiger charge is -2.26. The third-order valence-corrected chi connectivity index (χ3v) is 5.63. The molecule has 1 fully saturated rings. The van der Waals surface area contributed by atoms with Gasteiger partial charge < -0.3 is 0 Å². The molecule has 0 aliphatic heterocycles. The smallest absolute Gasteiger partial charge is 0.177 e. The van der Waals surface area contributed by atoms with Crippen LogP contribution >= 0.6 is 22.9 Å². The Hall–Kier alpha value is -0.340. The summed E-state index contributed by atoms with van der Waals surface area (Å²) in [6, 6.07) is 0. The summed E-state index contributed by atoms with van der Waals surface area (Å²) >= 11 is 7.67. The topological polar surface area (TPSA) is 17.1 Å². The molecule has 1 aromatic rings. The fraction of sp³-hybridized carbons (Fsp3) is 0.643. The molecular formula is C14H19ClOS. The second-order valence-electron chi connectivity index (χ2n) is 5.05. The molecule has 1 aromatic heterocycles. The summed E-state index contributed by atoms with van der Waals surface area (Å²) in [5, 5.41) is 2.66. The Bertz CT molecular complexity index is 402. The number of aryl methyl sites for hydroxylation is 1. The number of ketones is 1. The highest BCUT2D eigenvalue weighted by atomic mass is 35.5. The predicted octanol–water partition coefficient (Wildman–Crippen LogP) is 5.11. The highest BCUT2D eigenvalue weighted by Gasteiger charge is 2.28. The molecule has 0 aromatic carbocycles. The number of halogens is 1. The third kappa shape index (κ3) is 2.74. The first-order valence-electron chi connectivity index (χ1n) is 6.41. The van der Waals surface area contributed by atoms with Crippen molar-refractivity contribution in [2.75, 3.05) is 0 Å². The largest absolute Gasteiger partial charge is 0.293 e. The van der Waals surface area contributed by atoms with Gasteiger partial charge >= 0.3 is 0 Å². The van der Waals surface area contributed by atoms with Crippen LogP contribution in [0.1, 0.15) is 54.3 Å². The van der Waals surface area contributed by atoms with Crippen molar-refractivity contribution in [2.24, 2.45) is 11.8 Å². The number of thiophene rings is 1. The first-order valence-corrected chi connectivity index (χ1v) is 7.67. The lowest BCUT2D eigenvalue weighted by atomic mass is 9.79. The number of hydrogen-bond acceptors (Lipinski definition) is 2. The van der Waals surface area contributed by atoms with Crippen molar-refractivity contribution >= 4 is 28.7 Å². The zero-order valence-corrected chi connectivity index (χ0v) is 12.0. The fourth-order valence-electron chi connectivity index (χ4n) is 2.61. The van der Waals surface area contributed by atoms with Crippen molar-refractivity contribution in [3.05, 3.63) is 20.8 Å². The molecule has 0 atom stereocenters. The number of carbonyl (C=O) groups is 1. The van der Waals surface area contributed by atoms with Crippen molar-refractivity contribution in [2.45, 2.75) is 46.0 Å². The van der Waals surface area contributed by atoms with E-state index in [1.807, 2.05) is 12.3 Å². The van der Waals surface area contributed by atoms with Crippen LogP contribution in [0.25, 0.3) is 0 Å². The maximum Gasteiger partial charge on any atom is 0.177 e. The summed E-state index contributed by atoms with van der Waals surface area (Å²) in [5.74, 6) is 1.33. The molecule has 0 radical (unpaired) electrons. The van der Waals surface area contributed by atoms with Crippen molar-refractivity contribution < 1.29 is 4.79 Å². The van der Waals surface area contributed by atoms with E-state index >= 15 is 0 Å². The van der Waals surface area contributed by atoms with E-state index in [4.69, 9.17) is 11.6 Å². The van der Waals surface area contributed by atoms with Gasteiger partial charge in [-0.2, -0.15) is 0 Å².